The Kier molecular flexibility index (Phi) is 2.72. The first-order valence-corrected chi connectivity index (χ1v) is 3.58. The monoisotopic (exact) mass is 146 g/mol. The van der Waals surface area contributed by atoms with E-state index < -0.39 is 0 Å². The normalized spacial score (nSPS) is 10.0. The minimum atomic E-state index is 0.591. The third-order valence-electron chi connectivity index (χ3n) is 1.71. The number of hydrogen-bond donors (Lipinski definition) is 0. The van der Waals surface area contributed by atoms with Gasteiger partial charge in [0.1, 0.15) is 7.85 Å². The smallest absolute Gasteiger partial charge is 0.114 e. The second-order valence-electron chi connectivity index (χ2n) is 2.58. The van der Waals surface area contributed by atoms with E-state index >= 15 is 0 Å². The van der Waals surface area contributed by atoms with Crippen molar-refractivity contribution in [3.05, 3.63) is 29.3 Å². The van der Waals surface area contributed by atoms with E-state index in [-0.39, 0.29) is 0 Å². The predicted molar refractivity (Wildman–Crippen MR) is 47.3 cm³/mol. The van der Waals surface area contributed by atoms with Crippen molar-refractivity contribution in [3.63, 3.8) is 0 Å². The van der Waals surface area contributed by atoms with Crippen molar-refractivity contribution >= 4 is 13.3 Å². The van der Waals surface area contributed by atoms with Crippen molar-refractivity contribution in [2.45, 2.75) is 13.5 Å². The molecule has 0 N–H and O–H groups in total. The predicted octanol–water partition coefficient (Wildman–Crippen LogP) is 0.935. The molecule has 0 amide bonds. The fourth-order valence-electron chi connectivity index (χ4n) is 1.02. The van der Waals surface area contributed by atoms with Gasteiger partial charge < -0.3 is 4.74 Å². The van der Waals surface area contributed by atoms with Gasteiger partial charge in [-0.25, -0.2) is 0 Å². The summed E-state index contributed by atoms with van der Waals surface area (Å²) < 4.78 is 4.98. The Bertz CT molecular complexity index is 245. The van der Waals surface area contributed by atoms with Crippen molar-refractivity contribution in [3.8, 4) is 0 Å². The molecule has 1 rings (SSSR count). The van der Waals surface area contributed by atoms with E-state index in [9.17, 15) is 0 Å². The number of ether oxygens (including phenoxy) is 1. The van der Waals surface area contributed by atoms with Gasteiger partial charge >= 0.3 is 0 Å². The fourth-order valence-corrected chi connectivity index (χ4v) is 1.02. The van der Waals surface area contributed by atoms with Gasteiger partial charge in [-0.15, -0.1) is 0 Å². The van der Waals surface area contributed by atoms with E-state index in [4.69, 9.17) is 12.6 Å². The van der Waals surface area contributed by atoms with Crippen LogP contribution in [0.1, 0.15) is 11.1 Å². The van der Waals surface area contributed by atoms with Crippen LogP contribution in [-0.2, 0) is 11.3 Å². The highest BCUT2D eigenvalue weighted by Gasteiger charge is 1.97. The summed E-state index contributed by atoms with van der Waals surface area (Å²) in [5.74, 6) is 0. The van der Waals surface area contributed by atoms with Gasteiger partial charge in [-0.05, 0) is 12.5 Å². The first-order chi connectivity index (χ1) is 5.25. The number of benzene rings is 1. The molecule has 0 bridgehead atoms. The molecule has 0 aliphatic carbocycles. The average Bonchev–Trinajstić information content (AvgIpc) is 1.99. The maximum absolute atomic E-state index is 5.79. The number of aryl methyl sites for hydroxylation is 1. The topological polar surface area (TPSA) is 9.23 Å². The van der Waals surface area contributed by atoms with Crippen molar-refractivity contribution in [2.24, 2.45) is 0 Å². The van der Waals surface area contributed by atoms with Gasteiger partial charge in [0.15, 0.2) is 0 Å². The van der Waals surface area contributed by atoms with Crippen LogP contribution >= 0.6 is 0 Å². The zero-order chi connectivity index (χ0) is 8.27. The fraction of sp³-hybridized carbons (Fsp3) is 0.333. The van der Waals surface area contributed by atoms with Crippen LogP contribution in [0.5, 0.6) is 0 Å². The van der Waals surface area contributed by atoms with Crippen LogP contribution in [0.15, 0.2) is 18.2 Å². The molecule has 0 aromatic heterocycles. The highest BCUT2D eigenvalue weighted by molar-refractivity contribution is 6.34. The molecule has 0 unspecified atom stereocenters. The lowest BCUT2D eigenvalue weighted by Crippen LogP contribution is -2.14. The number of hydrogen-bond acceptors (Lipinski definition) is 1. The third kappa shape index (κ3) is 1.84. The van der Waals surface area contributed by atoms with Crippen LogP contribution in [0, 0.1) is 6.92 Å². The Morgan fingerprint density at radius 2 is 2.18 bits per heavy atom. The molecule has 1 aromatic carbocycles. The molecule has 0 spiro atoms. The minimum absolute atomic E-state index is 0.591. The Hall–Kier alpha value is -0.755. The summed E-state index contributed by atoms with van der Waals surface area (Å²) in [5.41, 5.74) is 3.02. The lowest BCUT2D eigenvalue weighted by Gasteiger charge is -2.06. The molecule has 0 aliphatic heterocycles. The van der Waals surface area contributed by atoms with E-state index in [0.29, 0.717) is 6.61 Å². The van der Waals surface area contributed by atoms with E-state index in [1.165, 1.54) is 0 Å². The molecule has 1 aromatic rings. The number of methoxy groups -OCH3 is 1. The number of rotatable bonds is 2. The van der Waals surface area contributed by atoms with Gasteiger partial charge in [0.25, 0.3) is 0 Å². The summed E-state index contributed by atoms with van der Waals surface area (Å²) in [4.78, 5) is 0. The van der Waals surface area contributed by atoms with Gasteiger partial charge in [-0.2, -0.15) is 0 Å². The Balaban J connectivity index is 2.96. The summed E-state index contributed by atoms with van der Waals surface area (Å²) >= 11 is 0. The Morgan fingerprint density at radius 1 is 1.45 bits per heavy atom. The van der Waals surface area contributed by atoms with Crippen LogP contribution in [0.4, 0.5) is 0 Å². The third-order valence-corrected chi connectivity index (χ3v) is 1.71. The molecule has 0 aliphatic rings. The van der Waals surface area contributed by atoms with Crippen LogP contribution in [0.25, 0.3) is 0 Å². The lowest BCUT2D eigenvalue weighted by atomic mass is 9.87. The maximum Gasteiger partial charge on any atom is 0.114 e. The molecular weight excluding hydrogens is 135 g/mol. The van der Waals surface area contributed by atoms with E-state index in [1.807, 2.05) is 25.1 Å². The van der Waals surface area contributed by atoms with Crippen LogP contribution in [-0.4, -0.2) is 15.0 Å². The van der Waals surface area contributed by atoms with Crippen LogP contribution < -0.4 is 5.46 Å². The summed E-state index contributed by atoms with van der Waals surface area (Å²) in [6.07, 6.45) is 0. The van der Waals surface area contributed by atoms with E-state index in [0.717, 1.165) is 16.6 Å². The molecule has 0 saturated carbocycles. The maximum atomic E-state index is 5.79. The van der Waals surface area contributed by atoms with Crippen molar-refractivity contribution in [1.82, 2.24) is 0 Å². The molecular formula is C9H11BO. The summed E-state index contributed by atoms with van der Waals surface area (Å²) in [7, 11) is 7.46. The SMILES string of the molecule is [B]c1c(C)cccc1COC. The van der Waals surface area contributed by atoms with Gasteiger partial charge in [-0.3, -0.25) is 0 Å². The molecule has 2 radical (unpaired) electrons. The van der Waals surface area contributed by atoms with Crippen molar-refractivity contribution < 1.29 is 4.74 Å². The van der Waals surface area contributed by atoms with Gasteiger partial charge in [0, 0.05) is 7.11 Å². The van der Waals surface area contributed by atoms with Crippen molar-refractivity contribution in [1.29, 1.82) is 0 Å². The highest BCUT2D eigenvalue weighted by Crippen LogP contribution is 2.00. The first kappa shape index (κ1) is 8.34. The highest BCUT2D eigenvalue weighted by atomic mass is 16.5. The molecule has 0 atom stereocenters. The zero-order valence-corrected chi connectivity index (χ0v) is 6.92. The van der Waals surface area contributed by atoms with Gasteiger partial charge in [0.05, 0.1) is 6.61 Å². The van der Waals surface area contributed by atoms with E-state index in [2.05, 4.69) is 0 Å². The molecule has 2 heteroatoms. The van der Waals surface area contributed by atoms with Crippen LogP contribution in [0.2, 0.25) is 0 Å². The molecule has 0 heterocycles. The van der Waals surface area contributed by atoms with Crippen molar-refractivity contribution in [2.75, 3.05) is 7.11 Å². The molecule has 56 valence electrons. The van der Waals surface area contributed by atoms with Gasteiger partial charge in [0.2, 0.25) is 0 Å². The Morgan fingerprint density at radius 3 is 2.82 bits per heavy atom. The molecule has 0 saturated heterocycles. The van der Waals surface area contributed by atoms with E-state index in [1.54, 1.807) is 7.11 Å². The summed E-state index contributed by atoms with van der Waals surface area (Å²) in [5, 5.41) is 0. The van der Waals surface area contributed by atoms with Crippen LogP contribution in [0.3, 0.4) is 0 Å². The molecule has 0 fully saturated rings. The molecule has 11 heavy (non-hydrogen) atoms. The average molecular weight is 146 g/mol. The quantitative estimate of drug-likeness (QED) is 0.564. The molecule has 1 nitrogen and oxygen atoms in total. The lowest BCUT2D eigenvalue weighted by molar-refractivity contribution is 0.185. The second-order valence-corrected chi connectivity index (χ2v) is 2.58. The Labute approximate surface area is 68.8 Å². The first-order valence-electron chi connectivity index (χ1n) is 3.58. The minimum Gasteiger partial charge on any atom is -0.380 e. The summed E-state index contributed by atoms with van der Waals surface area (Å²) in [6.45, 7) is 2.59. The zero-order valence-electron chi connectivity index (χ0n) is 6.92. The second kappa shape index (κ2) is 3.58. The largest absolute Gasteiger partial charge is 0.380 e. The van der Waals surface area contributed by atoms with Gasteiger partial charge in [-0.1, -0.05) is 29.2 Å². The summed E-state index contributed by atoms with van der Waals surface area (Å²) in [6, 6.07) is 5.96. The standard InChI is InChI=1S/C9H11BO/c1-7-4-3-5-8(6-11-2)9(7)10/h3-5H,6H2,1-2H3.